The van der Waals surface area contributed by atoms with Gasteiger partial charge >= 0.3 is 0 Å². The maximum Gasteiger partial charge on any atom is 0.225 e. The number of hydrogen-bond donors (Lipinski definition) is 1. The van der Waals surface area contributed by atoms with Crippen molar-refractivity contribution in [2.75, 3.05) is 11.9 Å². The van der Waals surface area contributed by atoms with E-state index in [1.54, 1.807) is 6.20 Å². The Morgan fingerprint density at radius 1 is 1.20 bits per heavy atom. The summed E-state index contributed by atoms with van der Waals surface area (Å²) in [6.07, 6.45) is 6.04. The third-order valence-corrected chi connectivity index (χ3v) is 4.11. The number of nitrogens with zero attached hydrogens (tertiary/aromatic N) is 2. The van der Waals surface area contributed by atoms with E-state index in [1.165, 1.54) is 5.56 Å². The highest BCUT2D eigenvalue weighted by Crippen LogP contribution is 2.19. The van der Waals surface area contributed by atoms with Gasteiger partial charge in [-0.2, -0.15) is 5.10 Å². The van der Waals surface area contributed by atoms with Gasteiger partial charge in [0.05, 0.1) is 12.8 Å². The summed E-state index contributed by atoms with van der Waals surface area (Å²) >= 11 is 0. The molecule has 2 rings (SSSR count). The molecule has 1 N–H and O–H groups in total. The lowest BCUT2D eigenvalue weighted by molar-refractivity contribution is -0.116. The highest BCUT2D eigenvalue weighted by Gasteiger charge is 2.07. The van der Waals surface area contributed by atoms with Crippen molar-refractivity contribution in [3.63, 3.8) is 0 Å². The molecule has 0 aliphatic heterocycles. The standard InChI is InChI=1S/C20H29N3O2/c1-4-5-13-23-19(11-12-21-23)22-20(24)8-6-7-14-25-18-15-16(2)9-10-17(18)3/h9-12,15H,4-8,13-14H2,1-3H3,(H,22,24). The van der Waals surface area contributed by atoms with E-state index in [0.717, 1.165) is 49.4 Å². The normalized spacial score (nSPS) is 10.7. The first-order valence-corrected chi connectivity index (χ1v) is 9.12. The van der Waals surface area contributed by atoms with Crippen LogP contribution in [-0.2, 0) is 11.3 Å². The van der Waals surface area contributed by atoms with Crippen molar-refractivity contribution in [1.82, 2.24) is 9.78 Å². The monoisotopic (exact) mass is 343 g/mol. The number of nitrogens with one attached hydrogen (secondary N) is 1. The number of ether oxygens (including phenoxy) is 1. The Morgan fingerprint density at radius 2 is 2.04 bits per heavy atom. The summed E-state index contributed by atoms with van der Waals surface area (Å²) in [6, 6.07) is 8.05. The van der Waals surface area contributed by atoms with Gasteiger partial charge in [0.1, 0.15) is 11.6 Å². The Bertz CT molecular complexity index is 679. The van der Waals surface area contributed by atoms with E-state index < -0.39 is 0 Å². The summed E-state index contributed by atoms with van der Waals surface area (Å²) in [4.78, 5) is 12.1. The van der Waals surface area contributed by atoms with Gasteiger partial charge in [0, 0.05) is 19.0 Å². The van der Waals surface area contributed by atoms with E-state index in [-0.39, 0.29) is 5.91 Å². The first-order valence-electron chi connectivity index (χ1n) is 9.12. The topological polar surface area (TPSA) is 56.2 Å². The molecule has 25 heavy (non-hydrogen) atoms. The molecule has 0 atom stereocenters. The number of aryl methyl sites for hydroxylation is 3. The van der Waals surface area contributed by atoms with Crippen LogP contribution in [0.3, 0.4) is 0 Å². The lowest BCUT2D eigenvalue weighted by Crippen LogP contribution is -2.15. The first-order chi connectivity index (χ1) is 12.1. The first kappa shape index (κ1) is 19.0. The van der Waals surface area contributed by atoms with E-state index >= 15 is 0 Å². The Morgan fingerprint density at radius 3 is 2.84 bits per heavy atom. The highest BCUT2D eigenvalue weighted by atomic mass is 16.5. The molecule has 0 aliphatic carbocycles. The van der Waals surface area contributed by atoms with Gasteiger partial charge in [-0.15, -0.1) is 0 Å². The summed E-state index contributed by atoms with van der Waals surface area (Å²) in [5, 5.41) is 7.19. The molecular formula is C20H29N3O2. The molecule has 5 nitrogen and oxygen atoms in total. The fraction of sp³-hybridized carbons (Fsp3) is 0.500. The molecule has 0 saturated carbocycles. The van der Waals surface area contributed by atoms with Gasteiger partial charge in [-0.05, 0) is 50.3 Å². The molecule has 1 aromatic heterocycles. The van der Waals surface area contributed by atoms with Crippen LogP contribution < -0.4 is 10.1 Å². The van der Waals surface area contributed by atoms with Crippen molar-refractivity contribution in [3.05, 3.63) is 41.6 Å². The lowest BCUT2D eigenvalue weighted by Gasteiger charge is -2.10. The predicted octanol–water partition coefficient (Wildman–Crippen LogP) is 4.49. The zero-order valence-electron chi connectivity index (χ0n) is 15.5. The molecule has 0 bridgehead atoms. The van der Waals surface area contributed by atoms with E-state index in [9.17, 15) is 4.79 Å². The van der Waals surface area contributed by atoms with E-state index in [2.05, 4.69) is 42.5 Å². The van der Waals surface area contributed by atoms with E-state index in [1.807, 2.05) is 17.7 Å². The second-order valence-corrected chi connectivity index (χ2v) is 6.42. The molecule has 0 fully saturated rings. The molecule has 1 heterocycles. The van der Waals surface area contributed by atoms with Crippen LogP contribution in [0.1, 0.15) is 50.2 Å². The molecule has 1 amide bonds. The van der Waals surface area contributed by atoms with Crippen LogP contribution in [0.2, 0.25) is 0 Å². The summed E-state index contributed by atoms with van der Waals surface area (Å²) in [7, 11) is 0. The van der Waals surface area contributed by atoms with Gasteiger partial charge in [0.2, 0.25) is 5.91 Å². The number of hydrogen-bond acceptors (Lipinski definition) is 3. The smallest absolute Gasteiger partial charge is 0.225 e. The summed E-state index contributed by atoms with van der Waals surface area (Å²) in [6.45, 7) is 7.71. The molecule has 0 aliphatic rings. The van der Waals surface area contributed by atoms with Crippen molar-refractivity contribution >= 4 is 11.7 Å². The van der Waals surface area contributed by atoms with Crippen molar-refractivity contribution < 1.29 is 9.53 Å². The number of anilines is 1. The highest BCUT2D eigenvalue weighted by molar-refractivity contribution is 5.89. The lowest BCUT2D eigenvalue weighted by atomic mass is 10.1. The minimum atomic E-state index is 0.0324. The van der Waals surface area contributed by atoms with Gasteiger partial charge < -0.3 is 10.1 Å². The summed E-state index contributed by atoms with van der Waals surface area (Å²) in [5.41, 5.74) is 2.34. The average molecular weight is 343 g/mol. The van der Waals surface area contributed by atoms with Crippen LogP contribution in [0.25, 0.3) is 0 Å². The average Bonchev–Trinajstić information content (AvgIpc) is 3.02. The van der Waals surface area contributed by atoms with Crippen molar-refractivity contribution in [2.24, 2.45) is 0 Å². The van der Waals surface area contributed by atoms with Gasteiger partial charge in [-0.1, -0.05) is 25.5 Å². The molecule has 136 valence electrons. The fourth-order valence-corrected chi connectivity index (χ4v) is 2.56. The second-order valence-electron chi connectivity index (χ2n) is 6.42. The molecule has 0 unspecified atom stereocenters. The van der Waals surface area contributed by atoms with Crippen LogP contribution in [-0.4, -0.2) is 22.3 Å². The SMILES string of the molecule is CCCCn1nccc1NC(=O)CCCCOc1cc(C)ccc1C. The molecule has 0 radical (unpaired) electrons. The Balaban J connectivity index is 1.67. The molecule has 2 aromatic rings. The van der Waals surface area contributed by atoms with Crippen LogP contribution in [0.5, 0.6) is 5.75 Å². The van der Waals surface area contributed by atoms with Crippen LogP contribution in [0, 0.1) is 13.8 Å². The van der Waals surface area contributed by atoms with Gasteiger partial charge in [0.15, 0.2) is 0 Å². The minimum absolute atomic E-state index is 0.0324. The molecule has 5 heteroatoms. The van der Waals surface area contributed by atoms with Gasteiger partial charge in [0.25, 0.3) is 0 Å². The van der Waals surface area contributed by atoms with E-state index in [0.29, 0.717) is 13.0 Å². The minimum Gasteiger partial charge on any atom is -0.493 e. The van der Waals surface area contributed by atoms with Crippen molar-refractivity contribution in [1.29, 1.82) is 0 Å². The molecule has 1 aromatic carbocycles. The Kier molecular flexibility index (Phi) is 7.51. The third-order valence-electron chi connectivity index (χ3n) is 4.11. The maximum atomic E-state index is 12.1. The molecular weight excluding hydrogens is 314 g/mol. The summed E-state index contributed by atoms with van der Waals surface area (Å²) in [5.74, 6) is 1.75. The number of unbranched alkanes of at least 4 members (excludes halogenated alkanes) is 2. The summed E-state index contributed by atoms with van der Waals surface area (Å²) < 4.78 is 7.68. The second kappa shape index (κ2) is 9.87. The maximum absolute atomic E-state index is 12.1. The predicted molar refractivity (Wildman–Crippen MR) is 101 cm³/mol. The number of aromatic nitrogens is 2. The number of benzene rings is 1. The van der Waals surface area contributed by atoms with Gasteiger partial charge in [-0.25, -0.2) is 4.68 Å². The van der Waals surface area contributed by atoms with Crippen molar-refractivity contribution in [3.8, 4) is 5.75 Å². The van der Waals surface area contributed by atoms with Crippen LogP contribution in [0.15, 0.2) is 30.5 Å². The zero-order valence-corrected chi connectivity index (χ0v) is 15.5. The Labute approximate surface area is 150 Å². The quantitative estimate of drug-likeness (QED) is 0.647. The van der Waals surface area contributed by atoms with Crippen LogP contribution in [0.4, 0.5) is 5.82 Å². The van der Waals surface area contributed by atoms with Gasteiger partial charge in [-0.3, -0.25) is 4.79 Å². The van der Waals surface area contributed by atoms with Crippen molar-refractivity contribution in [2.45, 2.75) is 59.4 Å². The number of amides is 1. The number of carbonyl (C=O) groups excluding carboxylic acids is 1. The number of carbonyl (C=O) groups is 1. The Hall–Kier alpha value is -2.30. The fourth-order valence-electron chi connectivity index (χ4n) is 2.56. The number of rotatable bonds is 10. The molecule has 0 spiro atoms. The third kappa shape index (κ3) is 6.25. The van der Waals surface area contributed by atoms with E-state index in [4.69, 9.17) is 4.74 Å². The molecule has 0 saturated heterocycles. The van der Waals surface area contributed by atoms with Crippen LogP contribution >= 0.6 is 0 Å². The largest absolute Gasteiger partial charge is 0.493 e. The zero-order chi connectivity index (χ0) is 18.1.